The fraction of sp³-hybridized carbons (Fsp3) is 0.250. The lowest BCUT2D eigenvalue weighted by Crippen LogP contribution is -1.92. The molecule has 0 unspecified atom stereocenters. The third-order valence-electron chi connectivity index (χ3n) is 0.658. The molecule has 0 bridgehead atoms. The van der Waals surface area contributed by atoms with E-state index in [1.807, 2.05) is 0 Å². The van der Waals surface area contributed by atoms with E-state index in [1.165, 1.54) is 11.8 Å². The van der Waals surface area contributed by atoms with Crippen molar-refractivity contribution >= 4 is 11.8 Å². The SMILES string of the molecule is CSc1n[c]nc(F)n1. The molecule has 1 rings (SSSR count). The van der Waals surface area contributed by atoms with Crippen LogP contribution in [0, 0.1) is 12.4 Å². The van der Waals surface area contributed by atoms with Crippen molar-refractivity contribution in [1.82, 2.24) is 15.0 Å². The van der Waals surface area contributed by atoms with Crippen LogP contribution in [-0.4, -0.2) is 21.2 Å². The number of nitrogens with zero attached hydrogens (tertiary/aromatic N) is 3. The van der Waals surface area contributed by atoms with Gasteiger partial charge < -0.3 is 0 Å². The van der Waals surface area contributed by atoms with Gasteiger partial charge in [-0.05, 0) is 6.26 Å². The van der Waals surface area contributed by atoms with Crippen molar-refractivity contribution < 1.29 is 4.39 Å². The predicted molar refractivity (Wildman–Crippen MR) is 30.4 cm³/mol. The fourth-order valence-electron chi connectivity index (χ4n) is 0.329. The number of hydrogen-bond acceptors (Lipinski definition) is 4. The van der Waals surface area contributed by atoms with Gasteiger partial charge in [0.15, 0.2) is 5.16 Å². The van der Waals surface area contributed by atoms with Gasteiger partial charge in [-0.15, -0.1) is 0 Å². The van der Waals surface area contributed by atoms with Gasteiger partial charge in [-0.2, -0.15) is 19.3 Å². The summed E-state index contributed by atoms with van der Waals surface area (Å²) in [6.45, 7) is 0. The molecule has 0 fully saturated rings. The van der Waals surface area contributed by atoms with Gasteiger partial charge in [0.2, 0.25) is 6.33 Å². The summed E-state index contributed by atoms with van der Waals surface area (Å²) in [6, 6.07) is 0. The smallest absolute Gasteiger partial charge is 0.199 e. The highest BCUT2D eigenvalue weighted by Crippen LogP contribution is 2.03. The second-order valence-electron chi connectivity index (χ2n) is 1.19. The zero-order valence-electron chi connectivity index (χ0n) is 4.63. The van der Waals surface area contributed by atoms with E-state index in [0.29, 0.717) is 5.16 Å². The highest BCUT2D eigenvalue weighted by Gasteiger charge is 1.95. The van der Waals surface area contributed by atoms with Crippen LogP contribution in [0.4, 0.5) is 4.39 Å². The van der Waals surface area contributed by atoms with Crippen molar-refractivity contribution in [2.45, 2.75) is 5.16 Å². The Morgan fingerprint density at radius 1 is 1.56 bits per heavy atom. The number of hydrogen-bond donors (Lipinski definition) is 0. The summed E-state index contributed by atoms with van der Waals surface area (Å²) in [5, 5.41) is 0.350. The van der Waals surface area contributed by atoms with Crippen LogP contribution in [0.25, 0.3) is 0 Å². The Hall–Kier alpha value is -0.710. The van der Waals surface area contributed by atoms with Crippen LogP contribution in [-0.2, 0) is 0 Å². The second-order valence-corrected chi connectivity index (χ2v) is 1.96. The molecule has 9 heavy (non-hydrogen) atoms. The van der Waals surface area contributed by atoms with Crippen LogP contribution < -0.4 is 0 Å². The maximum atomic E-state index is 12.0. The molecule has 1 aromatic rings. The van der Waals surface area contributed by atoms with Crippen LogP contribution in [0.1, 0.15) is 0 Å². The second kappa shape index (κ2) is 2.72. The Labute approximate surface area is 55.7 Å². The van der Waals surface area contributed by atoms with E-state index in [9.17, 15) is 4.39 Å². The van der Waals surface area contributed by atoms with Gasteiger partial charge in [-0.3, -0.25) is 0 Å². The maximum absolute atomic E-state index is 12.0. The number of aromatic nitrogens is 3. The minimum Gasteiger partial charge on any atom is -0.199 e. The molecule has 1 aromatic heterocycles. The average Bonchev–Trinajstić information content (AvgIpc) is 1.88. The molecular formula is C4H3FN3S. The van der Waals surface area contributed by atoms with E-state index in [2.05, 4.69) is 21.3 Å². The van der Waals surface area contributed by atoms with Crippen LogP contribution in [0.15, 0.2) is 5.16 Å². The number of rotatable bonds is 1. The van der Waals surface area contributed by atoms with E-state index in [4.69, 9.17) is 0 Å². The number of halogens is 1. The number of thioether (sulfide) groups is 1. The highest BCUT2D eigenvalue weighted by molar-refractivity contribution is 7.98. The van der Waals surface area contributed by atoms with Gasteiger partial charge >= 0.3 is 6.08 Å². The standard InChI is InChI=1S/C4H3FN3S/c1-9-4-7-2-6-3(5)8-4/h1H3. The first kappa shape index (κ1) is 6.41. The summed E-state index contributed by atoms with van der Waals surface area (Å²) in [5.74, 6) is 0. The molecule has 0 saturated carbocycles. The summed E-state index contributed by atoms with van der Waals surface area (Å²) in [5.41, 5.74) is 0. The van der Waals surface area contributed by atoms with Crippen LogP contribution in [0.3, 0.4) is 0 Å². The molecule has 3 nitrogen and oxygen atoms in total. The van der Waals surface area contributed by atoms with E-state index < -0.39 is 6.08 Å². The Balaban J connectivity index is 2.94. The molecule has 0 aliphatic rings. The van der Waals surface area contributed by atoms with E-state index >= 15 is 0 Å². The van der Waals surface area contributed by atoms with Gasteiger partial charge in [0, 0.05) is 0 Å². The largest absolute Gasteiger partial charge is 0.313 e. The van der Waals surface area contributed by atoms with Crippen LogP contribution in [0.2, 0.25) is 0 Å². The lowest BCUT2D eigenvalue weighted by Gasteiger charge is -1.88. The molecular weight excluding hydrogens is 141 g/mol. The molecule has 0 saturated heterocycles. The van der Waals surface area contributed by atoms with Crippen molar-refractivity contribution in [2.24, 2.45) is 0 Å². The van der Waals surface area contributed by atoms with E-state index in [0.717, 1.165) is 0 Å². The first-order chi connectivity index (χ1) is 4.33. The van der Waals surface area contributed by atoms with E-state index in [-0.39, 0.29) is 0 Å². The van der Waals surface area contributed by atoms with Gasteiger partial charge in [0.1, 0.15) is 0 Å². The Morgan fingerprint density at radius 2 is 2.33 bits per heavy atom. The Morgan fingerprint density at radius 3 is 2.78 bits per heavy atom. The Bertz CT molecular complexity index is 205. The third-order valence-corrected chi connectivity index (χ3v) is 1.21. The minimum atomic E-state index is -0.783. The van der Waals surface area contributed by atoms with Crippen LogP contribution in [0.5, 0.6) is 0 Å². The van der Waals surface area contributed by atoms with Gasteiger partial charge in [-0.1, -0.05) is 11.8 Å². The molecule has 1 heterocycles. The molecule has 0 aliphatic heterocycles. The molecule has 5 heteroatoms. The molecule has 0 spiro atoms. The van der Waals surface area contributed by atoms with Crippen molar-refractivity contribution in [3.05, 3.63) is 12.4 Å². The molecule has 1 radical (unpaired) electrons. The summed E-state index contributed by atoms with van der Waals surface area (Å²) < 4.78 is 12.0. The zero-order chi connectivity index (χ0) is 6.69. The van der Waals surface area contributed by atoms with E-state index in [1.54, 1.807) is 6.26 Å². The molecule has 0 aliphatic carbocycles. The molecule has 0 amide bonds. The molecule has 0 atom stereocenters. The molecule has 47 valence electrons. The summed E-state index contributed by atoms with van der Waals surface area (Å²) in [6.07, 6.45) is 3.09. The first-order valence-electron chi connectivity index (χ1n) is 2.14. The normalized spacial score (nSPS) is 9.56. The summed E-state index contributed by atoms with van der Waals surface area (Å²) >= 11 is 1.25. The Kier molecular flexibility index (Phi) is 1.94. The summed E-state index contributed by atoms with van der Waals surface area (Å²) in [7, 11) is 0. The van der Waals surface area contributed by atoms with Crippen molar-refractivity contribution in [2.75, 3.05) is 6.26 Å². The van der Waals surface area contributed by atoms with Gasteiger partial charge in [0.25, 0.3) is 0 Å². The average molecular weight is 144 g/mol. The maximum Gasteiger partial charge on any atom is 0.313 e. The van der Waals surface area contributed by atoms with Crippen LogP contribution >= 0.6 is 11.8 Å². The lowest BCUT2D eigenvalue weighted by molar-refractivity contribution is 0.513. The zero-order valence-corrected chi connectivity index (χ0v) is 5.44. The van der Waals surface area contributed by atoms with Gasteiger partial charge in [0.05, 0.1) is 0 Å². The van der Waals surface area contributed by atoms with Crippen molar-refractivity contribution in [1.29, 1.82) is 0 Å². The lowest BCUT2D eigenvalue weighted by atomic mass is 11.0. The van der Waals surface area contributed by atoms with Crippen molar-refractivity contribution in [3.63, 3.8) is 0 Å². The first-order valence-corrected chi connectivity index (χ1v) is 3.37. The highest BCUT2D eigenvalue weighted by atomic mass is 32.2. The summed E-state index contributed by atoms with van der Waals surface area (Å²) in [4.78, 5) is 9.93. The van der Waals surface area contributed by atoms with Crippen molar-refractivity contribution in [3.8, 4) is 0 Å². The predicted octanol–water partition coefficient (Wildman–Crippen LogP) is 0.533. The minimum absolute atomic E-state index is 0.350. The third kappa shape index (κ3) is 1.60. The molecule has 0 N–H and O–H groups in total. The quantitative estimate of drug-likeness (QED) is 0.539. The monoisotopic (exact) mass is 144 g/mol. The topological polar surface area (TPSA) is 38.7 Å². The molecule has 0 aromatic carbocycles. The van der Waals surface area contributed by atoms with Gasteiger partial charge in [-0.25, -0.2) is 0 Å². The fourth-order valence-corrected chi connectivity index (χ4v) is 0.628.